The molecule has 3 aromatic carbocycles. The first-order chi connectivity index (χ1) is 13.9. The van der Waals surface area contributed by atoms with Gasteiger partial charge in [-0.05, 0) is 60.9 Å². The molecule has 0 saturated heterocycles. The van der Waals surface area contributed by atoms with Crippen LogP contribution in [0.2, 0.25) is 0 Å². The van der Waals surface area contributed by atoms with Crippen LogP contribution in [0, 0.1) is 11.6 Å². The van der Waals surface area contributed by atoms with Gasteiger partial charge in [0.1, 0.15) is 5.75 Å². The van der Waals surface area contributed by atoms with Gasteiger partial charge < -0.3 is 4.74 Å². The number of Topliss-reactive ketones (excluding diaryl/α,β-unsaturated/α-hetero) is 1. The molecule has 0 aromatic heterocycles. The summed E-state index contributed by atoms with van der Waals surface area (Å²) in [5.41, 5.74) is 1.75. The van der Waals surface area contributed by atoms with Crippen LogP contribution >= 0.6 is 0 Å². The molecule has 0 atom stereocenters. The van der Waals surface area contributed by atoms with Gasteiger partial charge in [0.25, 0.3) is 0 Å². The van der Waals surface area contributed by atoms with Crippen molar-refractivity contribution in [1.82, 2.24) is 0 Å². The predicted molar refractivity (Wildman–Crippen MR) is 107 cm³/mol. The number of carbonyl (C=O) groups is 2. The van der Waals surface area contributed by atoms with Gasteiger partial charge in [-0.2, -0.15) is 0 Å². The molecule has 0 unspecified atom stereocenters. The van der Waals surface area contributed by atoms with Crippen molar-refractivity contribution in [3.05, 3.63) is 89.0 Å². The molecule has 3 aromatic rings. The molecular formula is C24H20F2O3. The smallest absolute Gasteiger partial charge is 0.343 e. The number of hydrogen-bond acceptors (Lipinski definition) is 3. The van der Waals surface area contributed by atoms with Gasteiger partial charge >= 0.3 is 5.97 Å². The molecule has 0 amide bonds. The zero-order chi connectivity index (χ0) is 21.0. The Morgan fingerprint density at radius 1 is 0.828 bits per heavy atom. The van der Waals surface area contributed by atoms with Crippen molar-refractivity contribution >= 4 is 11.8 Å². The molecule has 0 N–H and O–H groups in total. The monoisotopic (exact) mass is 394 g/mol. The molecule has 3 rings (SSSR count). The zero-order valence-corrected chi connectivity index (χ0v) is 16.2. The van der Waals surface area contributed by atoms with E-state index in [1.807, 2.05) is 6.92 Å². The van der Waals surface area contributed by atoms with Gasteiger partial charge in [-0.3, -0.25) is 4.79 Å². The molecule has 0 saturated carbocycles. The van der Waals surface area contributed by atoms with E-state index in [0.717, 1.165) is 6.42 Å². The maximum absolute atomic E-state index is 14.4. The Hall–Kier alpha value is -3.34. The molecule has 0 aliphatic carbocycles. The third kappa shape index (κ3) is 4.57. The van der Waals surface area contributed by atoms with Crippen molar-refractivity contribution in [3.8, 4) is 16.9 Å². The molecule has 0 bridgehead atoms. The standard InChI is InChI=1S/C24H20F2O3/c1-3-4-18-11-14-21(23(26)22(18)25)17-5-7-19(8-6-17)24(28)29-20-12-9-16(10-13-20)15(2)27/h5-14H,3-4H2,1-2H3. The lowest BCUT2D eigenvalue weighted by Gasteiger charge is -2.09. The van der Waals surface area contributed by atoms with Crippen LogP contribution in [0.5, 0.6) is 5.75 Å². The van der Waals surface area contributed by atoms with Crippen LogP contribution in [-0.4, -0.2) is 11.8 Å². The highest BCUT2D eigenvalue weighted by Crippen LogP contribution is 2.27. The summed E-state index contributed by atoms with van der Waals surface area (Å²) in [6, 6.07) is 15.5. The molecule has 0 radical (unpaired) electrons. The lowest BCUT2D eigenvalue weighted by molar-refractivity contribution is 0.0734. The van der Waals surface area contributed by atoms with Crippen LogP contribution in [0.15, 0.2) is 60.7 Å². The number of halogens is 2. The van der Waals surface area contributed by atoms with Crippen molar-refractivity contribution in [2.45, 2.75) is 26.7 Å². The molecule has 0 spiro atoms. The van der Waals surface area contributed by atoms with Gasteiger partial charge in [-0.1, -0.05) is 37.6 Å². The normalized spacial score (nSPS) is 10.6. The van der Waals surface area contributed by atoms with E-state index in [4.69, 9.17) is 4.74 Å². The first-order valence-corrected chi connectivity index (χ1v) is 9.31. The number of rotatable bonds is 6. The predicted octanol–water partition coefficient (Wildman–Crippen LogP) is 6.01. The lowest BCUT2D eigenvalue weighted by Crippen LogP contribution is -2.08. The van der Waals surface area contributed by atoms with E-state index in [0.29, 0.717) is 28.9 Å². The Bertz CT molecular complexity index is 1040. The highest BCUT2D eigenvalue weighted by atomic mass is 19.2. The Morgan fingerprint density at radius 3 is 2.03 bits per heavy atom. The fourth-order valence-electron chi connectivity index (χ4n) is 2.98. The van der Waals surface area contributed by atoms with E-state index in [1.165, 1.54) is 19.1 Å². The topological polar surface area (TPSA) is 43.4 Å². The summed E-state index contributed by atoms with van der Waals surface area (Å²) >= 11 is 0. The first-order valence-electron chi connectivity index (χ1n) is 9.31. The second-order valence-electron chi connectivity index (χ2n) is 6.70. The van der Waals surface area contributed by atoms with Gasteiger partial charge in [0.2, 0.25) is 0 Å². The molecular weight excluding hydrogens is 374 g/mol. The van der Waals surface area contributed by atoms with Crippen molar-refractivity contribution in [2.75, 3.05) is 0 Å². The molecule has 0 heterocycles. The largest absolute Gasteiger partial charge is 0.423 e. The van der Waals surface area contributed by atoms with Crippen LogP contribution < -0.4 is 4.74 Å². The Morgan fingerprint density at radius 2 is 1.45 bits per heavy atom. The minimum absolute atomic E-state index is 0.0788. The maximum atomic E-state index is 14.4. The van der Waals surface area contributed by atoms with Gasteiger partial charge in [-0.15, -0.1) is 0 Å². The van der Waals surface area contributed by atoms with Gasteiger partial charge in [-0.25, -0.2) is 13.6 Å². The van der Waals surface area contributed by atoms with Crippen LogP contribution in [0.4, 0.5) is 8.78 Å². The van der Waals surface area contributed by atoms with Crippen LogP contribution in [0.3, 0.4) is 0 Å². The molecule has 0 fully saturated rings. The Kier molecular flexibility index (Phi) is 6.17. The van der Waals surface area contributed by atoms with Crippen molar-refractivity contribution in [2.24, 2.45) is 0 Å². The van der Waals surface area contributed by atoms with Crippen LogP contribution in [0.1, 0.15) is 46.5 Å². The SMILES string of the molecule is CCCc1ccc(-c2ccc(C(=O)Oc3ccc(C(C)=O)cc3)cc2)c(F)c1F. The van der Waals surface area contributed by atoms with E-state index in [-0.39, 0.29) is 16.9 Å². The number of ether oxygens (including phenoxy) is 1. The average Bonchev–Trinajstić information content (AvgIpc) is 2.72. The highest BCUT2D eigenvalue weighted by molar-refractivity contribution is 5.94. The number of carbonyl (C=O) groups excluding carboxylic acids is 2. The second-order valence-corrected chi connectivity index (χ2v) is 6.70. The van der Waals surface area contributed by atoms with E-state index < -0.39 is 17.6 Å². The number of esters is 1. The Balaban J connectivity index is 1.77. The molecule has 3 nitrogen and oxygen atoms in total. The number of hydrogen-bond donors (Lipinski definition) is 0. The summed E-state index contributed by atoms with van der Waals surface area (Å²) in [4.78, 5) is 23.6. The van der Waals surface area contributed by atoms with Gasteiger partial charge in [0.05, 0.1) is 5.56 Å². The maximum Gasteiger partial charge on any atom is 0.343 e. The van der Waals surface area contributed by atoms with E-state index >= 15 is 0 Å². The Labute approximate surface area is 168 Å². The number of benzene rings is 3. The number of ketones is 1. The lowest BCUT2D eigenvalue weighted by atomic mass is 10.00. The summed E-state index contributed by atoms with van der Waals surface area (Å²) < 4.78 is 33.9. The van der Waals surface area contributed by atoms with Crippen molar-refractivity contribution < 1.29 is 23.1 Å². The first kappa shape index (κ1) is 20.4. The minimum Gasteiger partial charge on any atom is -0.423 e. The van der Waals surface area contributed by atoms with Crippen molar-refractivity contribution in [1.29, 1.82) is 0 Å². The summed E-state index contributed by atoms with van der Waals surface area (Å²) in [6.45, 7) is 3.36. The van der Waals surface area contributed by atoms with Gasteiger partial charge in [0.15, 0.2) is 17.4 Å². The average molecular weight is 394 g/mol. The molecule has 29 heavy (non-hydrogen) atoms. The van der Waals surface area contributed by atoms with E-state index in [2.05, 4.69) is 0 Å². The minimum atomic E-state index is -0.892. The summed E-state index contributed by atoms with van der Waals surface area (Å²) in [5, 5.41) is 0. The highest BCUT2D eigenvalue weighted by Gasteiger charge is 2.15. The number of aryl methyl sites for hydroxylation is 1. The third-order valence-corrected chi connectivity index (χ3v) is 4.58. The quantitative estimate of drug-likeness (QED) is 0.292. The van der Waals surface area contributed by atoms with E-state index in [9.17, 15) is 18.4 Å². The van der Waals surface area contributed by atoms with Crippen LogP contribution in [0.25, 0.3) is 11.1 Å². The van der Waals surface area contributed by atoms with Gasteiger partial charge in [0, 0.05) is 11.1 Å². The molecule has 0 aliphatic heterocycles. The third-order valence-electron chi connectivity index (χ3n) is 4.58. The second kappa shape index (κ2) is 8.78. The van der Waals surface area contributed by atoms with E-state index in [1.54, 1.807) is 48.5 Å². The fraction of sp³-hybridized carbons (Fsp3) is 0.167. The van der Waals surface area contributed by atoms with Crippen molar-refractivity contribution in [3.63, 3.8) is 0 Å². The summed E-state index contributed by atoms with van der Waals surface area (Å²) in [7, 11) is 0. The summed E-state index contributed by atoms with van der Waals surface area (Å²) in [6.07, 6.45) is 1.20. The fourth-order valence-corrected chi connectivity index (χ4v) is 2.98. The van der Waals surface area contributed by atoms with Crippen LogP contribution in [-0.2, 0) is 6.42 Å². The summed E-state index contributed by atoms with van der Waals surface area (Å²) in [5.74, 6) is -2.08. The zero-order valence-electron chi connectivity index (χ0n) is 16.2. The molecule has 0 aliphatic rings. The molecule has 148 valence electrons. The molecule has 5 heteroatoms.